The number of carbonyl (C=O) groups is 2. The van der Waals surface area contributed by atoms with Gasteiger partial charge in [0.1, 0.15) is 0 Å². The Balaban J connectivity index is 1.89. The number of nitrogens with zero attached hydrogens (tertiary/aromatic N) is 2. The summed E-state index contributed by atoms with van der Waals surface area (Å²) in [5.74, 6) is 0.510. The standard InChI is InChI=1S/C27H31N3O3/c1-18(2)17-30(4)27(32)24-13-22(21-9-6-19(3)7-10-21)12-23(14-24)26(31)29-16-20-8-11-25(33-5)28-15-20/h6-15,18H,16-17H2,1-5H3,(H,29,31). The summed E-state index contributed by atoms with van der Waals surface area (Å²) in [5, 5.41) is 2.92. The second-order valence-electron chi connectivity index (χ2n) is 8.64. The summed E-state index contributed by atoms with van der Waals surface area (Å²) >= 11 is 0. The average molecular weight is 446 g/mol. The lowest BCUT2D eigenvalue weighted by molar-refractivity contribution is 0.0779. The summed E-state index contributed by atoms with van der Waals surface area (Å²) in [6.07, 6.45) is 1.66. The summed E-state index contributed by atoms with van der Waals surface area (Å²) in [5.41, 5.74) is 4.72. The molecule has 0 fully saturated rings. The van der Waals surface area contributed by atoms with Crippen LogP contribution in [0.25, 0.3) is 11.1 Å². The minimum atomic E-state index is -0.250. The Hall–Kier alpha value is -3.67. The highest BCUT2D eigenvalue weighted by atomic mass is 16.5. The van der Waals surface area contributed by atoms with Crippen LogP contribution < -0.4 is 10.1 Å². The van der Waals surface area contributed by atoms with Crippen molar-refractivity contribution in [2.45, 2.75) is 27.3 Å². The minimum Gasteiger partial charge on any atom is -0.481 e. The Labute approximate surface area is 195 Å². The van der Waals surface area contributed by atoms with Crippen LogP contribution >= 0.6 is 0 Å². The van der Waals surface area contributed by atoms with E-state index in [1.54, 1.807) is 37.4 Å². The van der Waals surface area contributed by atoms with Gasteiger partial charge in [0.15, 0.2) is 0 Å². The average Bonchev–Trinajstić information content (AvgIpc) is 2.82. The molecule has 0 radical (unpaired) electrons. The predicted octanol–water partition coefficient (Wildman–Crippen LogP) is 4.72. The van der Waals surface area contributed by atoms with Crippen molar-refractivity contribution >= 4 is 11.8 Å². The van der Waals surface area contributed by atoms with Crippen molar-refractivity contribution in [1.29, 1.82) is 0 Å². The van der Waals surface area contributed by atoms with Crippen LogP contribution in [0.2, 0.25) is 0 Å². The molecule has 0 aliphatic rings. The number of aryl methyl sites for hydroxylation is 1. The molecule has 3 rings (SSSR count). The first-order valence-corrected chi connectivity index (χ1v) is 11.0. The molecule has 0 unspecified atom stereocenters. The molecule has 0 spiro atoms. The van der Waals surface area contributed by atoms with Gasteiger partial charge in [-0.1, -0.05) is 49.7 Å². The predicted molar refractivity (Wildman–Crippen MR) is 130 cm³/mol. The maximum Gasteiger partial charge on any atom is 0.253 e. The molecule has 172 valence electrons. The summed E-state index contributed by atoms with van der Waals surface area (Å²) in [6, 6.07) is 17.0. The van der Waals surface area contributed by atoms with E-state index in [0.717, 1.165) is 22.3 Å². The van der Waals surface area contributed by atoms with Gasteiger partial charge in [0.2, 0.25) is 5.88 Å². The van der Waals surface area contributed by atoms with Crippen molar-refractivity contribution in [2.24, 2.45) is 5.92 Å². The molecule has 6 heteroatoms. The number of carbonyl (C=O) groups excluding carboxylic acids is 2. The van der Waals surface area contributed by atoms with Crippen LogP contribution in [0, 0.1) is 12.8 Å². The molecule has 0 saturated heterocycles. The van der Waals surface area contributed by atoms with Gasteiger partial charge >= 0.3 is 0 Å². The fraction of sp³-hybridized carbons (Fsp3) is 0.296. The summed E-state index contributed by atoms with van der Waals surface area (Å²) < 4.78 is 5.07. The van der Waals surface area contributed by atoms with Gasteiger partial charge in [0, 0.05) is 43.5 Å². The van der Waals surface area contributed by atoms with E-state index in [1.165, 1.54) is 0 Å². The number of amides is 2. The molecule has 2 aromatic carbocycles. The second kappa shape index (κ2) is 10.8. The first-order chi connectivity index (χ1) is 15.8. The molecule has 0 bridgehead atoms. The topological polar surface area (TPSA) is 71.5 Å². The fourth-order valence-electron chi connectivity index (χ4n) is 3.57. The number of nitrogens with one attached hydrogen (secondary N) is 1. The SMILES string of the molecule is COc1ccc(CNC(=O)c2cc(C(=O)N(C)CC(C)C)cc(-c3ccc(C)cc3)c2)cn1. The number of hydrogen-bond donors (Lipinski definition) is 1. The van der Waals surface area contributed by atoms with Crippen molar-refractivity contribution in [1.82, 2.24) is 15.2 Å². The Morgan fingerprint density at radius 3 is 2.30 bits per heavy atom. The van der Waals surface area contributed by atoms with Crippen LogP contribution in [-0.4, -0.2) is 42.4 Å². The summed E-state index contributed by atoms with van der Waals surface area (Å²) in [7, 11) is 3.35. The molecule has 1 aromatic heterocycles. The molecule has 0 aliphatic heterocycles. The Morgan fingerprint density at radius 2 is 1.70 bits per heavy atom. The highest BCUT2D eigenvalue weighted by Gasteiger charge is 2.17. The maximum absolute atomic E-state index is 13.1. The number of aromatic nitrogens is 1. The number of hydrogen-bond acceptors (Lipinski definition) is 4. The molecule has 1 heterocycles. The van der Waals surface area contributed by atoms with Gasteiger partial charge in [-0.15, -0.1) is 0 Å². The van der Waals surface area contributed by atoms with E-state index in [-0.39, 0.29) is 11.8 Å². The highest BCUT2D eigenvalue weighted by molar-refractivity contribution is 6.01. The van der Waals surface area contributed by atoms with E-state index in [2.05, 4.69) is 24.1 Å². The summed E-state index contributed by atoms with van der Waals surface area (Å²) in [4.78, 5) is 32.0. The first kappa shape index (κ1) is 24.0. The van der Waals surface area contributed by atoms with E-state index in [0.29, 0.717) is 36.0 Å². The molecule has 33 heavy (non-hydrogen) atoms. The fourth-order valence-corrected chi connectivity index (χ4v) is 3.57. The normalized spacial score (nSPS) is 10.7. The molecular weight excluding hydrogens is 414 g/mol. The molecule has 0 aliphatic carbocycles. The smallest absolute Gasteiger partial charge is 0.253 e. The summed E-state index contributed by atoms with van der Waals surface area (Å²) in [6.45, 7) is 7.12. The maximum atomic E-state index is 13.1. The van der Waals surface area contributed by atoms with E-state index in [1.807, 2.05) is 49.4 Å². The van der Waals surface area contributed by atoms with Crippen LogP contribution in [0.4, 0.5) is 0 Å². The van der Waals surface area contributed by atoms with E-state index < -0.39 is 0 Å². The molecule has 0 atom stereocenters. The van der Waals surface area contributed by atoms with Gasteiger partial charge in [-0.25, -0.2) is 4.98 Å². The number of methoxy groups -OCH3 is 1. The third-order valence-corrected chi connectivity index (χ3v) is 5.27. The quantitative estimate of drug-likeness (QED) is 0.544. The van der Waals surface area contributed by atoms with Gasteiger partial charge in [0.25, 0.3) is 11.8 Å². The number of rotatable bonds is 8. The van der Waals surface area contributed by atoms with Gasteiger partial charge in [-0.05, 0) is 47.7 Å². The number of benzene rings is 2. The lowest BCUT2D eigenvalue weighted by atomic mass is 9.98. The third-order valence-electron chi connectivity index (χ3n) is 5.27. The van der Waals surface area contributed by atoms with Gasteiger partial charge in [0.05, 0.1) is 7.11 Å². The molecule has 3 aromatic rings. The zero-order valence-electron chi connectivity index (χ0n) is 19.9. The van der Waals surface area contributed by atoms with Crippen LogP contribution in [0.3, 0.4) is 0 Å². The molecule has 2 amide bonds. The largest absolute Gasteiger partial charge is 0.481 e. The molecule has 6 nitrogen and oxygen atoms in total. The van der Waals surface area contributed by atoms with Crippen molar-refractivity contribution < 1.29 is 14.3 Å². The third kappa shape index (κ3) is 6.42. The first-order valence-electron chi connectivity index (χ1n) is 11.0. The minimum absolute atomic E-state index is 0.105. The van der Waals surface area contributed by atoms with Crippen molar-refractivity contribution in [3.63, 3.8) is 0 Å². The van der Waals surface area contributed by atoms with E-state index >= 15 is 0 Å². The zero-order chi connectivity index (χ0) is 24.0. The highest BCUT2D eigenvalue weighted by Crippen LogP contribution is 2.24. The molecule has 0 saturated carbocycles. The van der Waals surface area contributed by atoms with Gasteiger partial charge < -0.3 is 15.0 Å². The van der Waals surface area contributed by atoms with Crippen LogP contribution in [0.15, 0.2) is 60.8 Å². The van der Waals surface area contributed by atoms with Gasteiger partial charge in [-0.2, -0.15) is 0 Å². The molecule has 1 N–H and O–H groups in total. The van der Waals surface area contributed by atoms with Gasteiger partial charge in [-0.3, -0.25) is 9.59 Å². The zero-order valence-corrected chi connectivity index (χ0v) is 19.9. The lowest BCUT2D eigenvalue weighted by Crippen LogP contribution is -2.30. The van der Waals surface area contributed by atoms with Crippen molar-refractivity contribution in [3.8, 4) is 17.0 Å². The van der Waals surface area contributed by atoms with E-state index in [9.17, 15) is 9.59 Å². The van der Waals surface area contributed by atoms with Crippen LogP contribution in [0.1, 0.15) is 45.7 Å². The Kier molecular flexibility index (Phi) is 7.83. The van der Waals surface area contributed by atoms with Crippen LogP contribution in [0.5, 0.6) is 5.88 Å². The number of ether oxygens (including phenoxy) is 1. The monoisotopic (exact) mass is 445 g/mol. The Morgan fingerprint density at radius 1 is 1.00 bits per heavy atom. The lowest BCUT2D eigenvalue weighted by Gasteiger charge is -2.20. The van der Waals surface area contributed by atoms with Crippen LogP contribution in [-0.2, 0) is 6.54 Å². The van der Waals surface area contributed by atoms with Crippen molar-refractivity contribution in [2.75, 3.05) is 20.7 Å². The number of pyridine rings is 1. The van der Waals surface area contributed by atoms with Crippen molar-refractivity contribution in [3.05, 3.63) is 83.0 Å². The van der Waals surface area contributed by atoms with E-state index in [4.69, 9.17) is 4.74 Å². The Bertz CT molecular complexity index is 1110. The second-order valence-corrected chi connectivity index (χ2v) is 8.64. The molecular formula is C27H31N3O3.